The maximum atomic E-state index is 13.0. The molecule has 1 atom stereocenters. The van der Waals surface area contributed by atoms with Gasteiger partial charge in [-0.25, -0.2) is 4.98 Å². The Morgan fingerprint density at radius 1 is 1.06 bits per heavy atom. The van der Waals surface area contributed by atoms with Crippen molar-refractivity contribution in [3.8, 4) is 5.75 Å². The minimum absolute atomic E-state index is 0.00764. The summed E-state index contributed by atoms with van der Waals surface area (Å²) in [6, 6.07) is 25.9. The van der Waals surface area contributed by atoms with Gasteiger partial charge in [0.1, 0.15) is 11.6 Å². The van der Waals surface area contributed by atoms with E-state index in [-0.39, 0.29) is 11.9 Å². The van der Waals surface area contributed by atoms with E-state index in [1.165, 1.54) is 0 Å². The fourth-order valence-electron chi connectivity index (χ4n) is 4.19. The van der Waals surface area contributed by atoms with Crippen molar-refractivity contribution in [3.05, 3.63) is 96.4 Å². The van der Waals surface area contributed by atoms with Gasteiger partial charge in [0.15, 0.2) is 0 Å². The number of nitrogens with one attached hydrogen (secondary N) is 2. The van der Waals surface area contributed by atoms with Crippen LogP contribution in [0, 0.1) is 0 Å². The maximum Gasteiger partial charge on any atom is 0.222 e. The molecule has 33 heavy (non-hydrogen) atoms. The first-order valence-electron chi connectivity index (χ1n) is 11.1. The van der Waals surface area contributed by atoms with Crippen LogP contribution >= 0.6 is 0 Å². The number of imidazole rings is 1. The van der Waals surface area contributed by atoms with Gasteiger partial charge in [-0.2, -0.15) is 0 Å². The molecule has 2 N–H and O–H groups in total. The number of para-hydroxylation sites is 2. The molecule has 0 unspecified atom stereocenters. The van der Waals surface area contributed by atoms with Crippen molar-refractivity contribution in [2.24, 2.45) is 0 Å². The number of H-pyrrole nitrogens is 1. The highest BCUT2D eigenvalue weighted by Gasteiger charge is 2.19. The van der Waals surface area contributed by atoms with Gasteiger partial charge in [0.2, 0.25) is 5.91 Å². The maximum absolute atomic E-state index is 13.0. The molecule has 0 saturated carbocycles. The number of nitrogens with zero attached hydrogens (tertiary/aromatic N) is 2. The number of hydrogen-bond donors (Lipinski definition) is 2. The van der Waals surface area contributed by atoms with Gasteiger partial charge in [0.05, 0.1) is 24.2 Å². The molecule has 0 bridgehead atoms. The van der Waals surface area contributed by atoms with Crippen molar-refractivity contribution in [3.63, 3.8) is 0 Å². The number of carbonyl (C=O) groups excluding carboxylic acids is 1. The highest BCUT2D eigenvalue weighted by Crippen LogP contribution is 2.23. The van der Waals surface area contributed by atoms with Crippen molar-refractivity contribution in [2.45, 2.75) is 25.4 Å². The van der Waals surface area contributed by atoms with Crippen LogP contribution in [0.5, 0.6) is 5.75 Å². The summed E-state index contributed by atoms with van der Waals surface area (Å²) in [6.45, 7) is 0.597. The molecule has 1 amide bonds. The van der Waals surface area contributed by atoms with Crippen LogP contribution in [0.2, 0.25) is 0 Å². The van der Waals surface area contributed by atoms with Crippen LogP contribution in [0.1, 0.15) is 23.9 Å². The molecule has 5 aromatic rings. The molecule has 2 heterocycles. The summed E-state index contributed by atoms with van der Waals surface area (Å²) in [7, 11) is 1.66. The normalized spacial score (nSPS) is 12.2. The number of benzene rings is 3. The quantitative estimate of drug-likeness (QED) is 0.357. The molecule has 6 heteroatoms. The van der Waals surface area contributed by atoms with Crippen LogP contribution < -0.4 is 10.1 Å². The number of aromatic nitrogens is 3. The Hall–Kier alpha value is -4.06. The molecule has 6 nitrogen and oxygen atoms in total. The first-order valence-corrected chi connectivity index (χ1v) is 11.1. The summed E-state index contributed by atoms with van der Waals surface area (Å²) in [6.07, 6.45) is 3.05. The Kier molecular flexibility index (Phi) is 5.81. The van der Waals surface area contributed by atoms with Crippen molar-refractivity contribution < 1.29 is 9.53 Å². The molecular formula is C27H26N4O2. The van der Waals surface area contributed by atoms with Gasteiger partial charge in [0.25, 0.3) is 0 Å². The first kappa shape index (κ1) is 20.8. The monoisotopic (exact) mass is 438 g/mol. The Morgan fingerprint density at radius 2 is 1.88 bits per heavy atom. The molecule has 0 spiro atoms. The third kappa shape index (κ3) is 4.60. The van der Waals surface area contributed by atoms with E-state index in [1.54, 1.807) is 7.11 Å². The Morgan fingerprint density at radius 3 is 2.70 bits per heavy atom. The molecule has 0 aliphatic carbocycles. The average Bonchev–Trinajstić information content (AvgIpc) is 3.46. The molecule has 2 aromatic heterocycles. The highest BCUT2D eigenvalue weighted by molar-refractivity contribution is 5.82. The van der Waals surface area contributed by atoms with Crippen LogP contribution in [0.15, 0.2) is 85.1 Å². The second kappa shape index (κ2) is 9.20. The van der Waals surface area contributed by atoms with E-state index in [0.29, 0.717) is 19.4 Å². The fraction of sp³-hybridized carbons (Fsp3) is 0.185. The van der Waals surface area contributed by atoms with Crippen LogP contribution in [0.25, 0.3) is 21.9 Å². The standard InChI is InChI=1S/C27H26N4O2/c1-33-21-11-12-25-20(18-21)13-15-31(25)16-14-26(32)28-24(17-19-7-3-2-4-8-19)27-29-22-9-5-6-10-23(22)30-27/h2-13,15,18,24H,14,16-17H2,1H3,(H,28,32)(H,29,30)/t24-/m0/s1. The van der Waals surface area contributed by atoms with Gasteiger partial charge in [-0.3, -0.25) is 4.79 Å². The predicted molar refractivity (Wildman–Crippen MR) is 130 cm³/mol. The van der Waals surface area contributed by atoms with E-state index in [9.17, 15) is 4.79 Å². The molecule has 0 fully saturated rings. The van der Waals surface area contributed by atoms with Crippen LogP contribution in [0.4, 0.5) is 0 Å². The lowest BCUT2D eigenvalue weighted by molar-refractivity contribution is -0.122. The summed E-state index contributed by atoms with van der Waals surface area (Å²) >= 11 is 0. The van der Waals surface area contributed by atoms with Crippen molar-refractivity contribution in [2.75, 3.05) is 7.11 Å². The number of aromatic amines is 1. The zero-order valence-electron chi connectivity index (χ0n) is 18.5. The first-order chi connectivity index (χ1) is 16.2. The summed E-state index contributed by atoms with van der Waals surface area (Å²) < 4.78 is 7.40. The third-order valence-electron chi connectivity index (χ3n) is 5.91. The lowest BCUT2D eigenvalue weighted by atomic mass is 10.1. The number of amides is 1. The van der Waals surface area contributed by atoms with Gasteiger partial charge in [-0.05, 0) is 48.4 Å². The molecular weight excluding hydrogens is 412 g/mol. The second-order valence-electron chi connectivity index (χ2n) is 8.13. The minimum atomic E-state index is -0.238. The second-order valence-corrected chi connectivity index (χ2v) is 8.13. The molecule has 0 saturated heterocycles. The molecule has 0 aliphatic heterocycles. The smallest absolute Gasteiger partial charge is 0.222 e. The van der Waals surface area contributed by atoms with E-state index < -0.39 is 0 Å². The van der Waals surface area contributed by atoms with Crippen LogP contribution in [0.3, 0.4) is 0 Å². The SMILES string of the molecule is COc1ccc2c(ccn2CCC(=O)N[C@@H](Cc2ccccc2)c2nc3ccccc3[nH]2)c1. The average molecular weight is 439 g/mol. The number of hydrogen-bond acceptors (Lipinski definition) is 3. The number of methoxy groups -OCH3 is 1. The van der Waals surface area contributed by atoms with E-state index in [1.807, 2.05) is 72.9 Å². The molecule has 0 radical (unpaired) electrons. The Bertz CT molecular complexity index is 1350. The zero-order chi connectivity index (χ0) is 22.6. The molecule has 5 rings (SSSR count). The van der Waals surface area contributed by atoms with E-state index in [0.717, 1.165) is 39.1 Å². The van der Waals surface area contributed by atoms with E-state index in [2.05, 4.69) is 27.0 Å². The van der Waals surface area contributed by atoms with E-state index >= 15 is 0 Å². The van der Waals surface area contributed by atoms with Crippen molar-refractivity contribution in [1.29, 1.82) is 0 Å². The van der Waals surface area contributed by atoms with Crippen LogP contribution in [-0.2, 0) is 17.8 Å². The number of rotatable bonds is 8. The van der Waals surface area contributed by atoms with Crippen LogP contribution in [-0.4, -0.2) is 27.6 Å². The molecule has 166 valence electrons. The number of fused-ring (bicyclic) bond motifs is 2. The largest absolute Gasteiger partial charge is 0.497 e. The lowest BCUT2D eigenvalue weighted by Crippen LogP contribution is -2.31. The van der Waals surface area contributed by atoms with Gasteiger partial charge in [0, 0.05) is 30.1 Å². The lowest BCUT2D eigenvalue weighted by Gasteiger charge is -2.17. The Labute approximate surface area is 192 Å². The van der Waals surface area contributed by atoms with Gasteiger partial charge < -0.3 is 19.6 Å². The number of carbonyl (C=O) groups is 1. The highest BCUT2D eigenvalue weighted by atomic mass is 16.5. The third-order valence-corrected chi connectivity index (χ3v) is 5.91. The van der Waals surface area contributed by atoms with Gasteiger partial charge in [-0.15, -0.1) is 0 Å². The fourth-order valence-corrected chi connectivity index (χ4v) is 4.19. The molecule has 0 aliphatic rings. The Balaban J connectivity index is 1.32. The van der Waals surface area contributed by atoms with Gasteiger partial charge in [-0.1, -0.05) is 42.5 Å². The van der Waals surface area contributed by atoms with Gasteiger partial charge >= 0.3 is 0 Å². The van der Waals surface area contributed by atoms with Crippen molar-refractivity contribution >= 4 is 27.8 Å². The molecule has 3 aromatic carbocycles. The zero-order valence-corrected chi connectivity index (χ0v) is 18.5. The van der Waals surface area contributed by atoms with E-state index in [4.69, 9.17) is 9.72 Å². The predicted octanol–water partition coefficient (Wildman–Crippen LogP) is 5.02. The summed E-state index contributed by atoms with van der Waals surface area (Å²) in [5.74, 6) is 1.59. The minimum Gasteiger partial charge on any atom is -0.497 e. The van der Waals surface area contributed by atoms with Crippen molar-refractivity contribution in [1.82, 2.24) is 19.9 Å². The number of ether oxygens (including phenoxy) is 1. The number of aryl methyl sites for hydroxylation is 1. The topological polar surface area (TPSA) is 71.9 Å². The summed E-state index contributed by atoms with van der Waals surface area (Å²) in [4.78, 5) is 21.1. The summed E-state index contributed by atoms with van der Waals surface area (Å²) in [5.41, 5.74) is 4.10. The summed E-state index contributed by atoms with van der Waals surface area (Å²) in [5, 5.41) is 4.30.